The minimum absolute atomic E-state index is 0.0819. The number of hydrogen-bond donors (Lipinski definition) is 1. The normalized spacial score (nSPS) is 12.0. The highest BCUT2D eigenvalue weighted by Crippen LogP contribution is 2.22. The maximum Gasteiger partial charge on any atom is 0.261 e. The lowest BCUT2D eigenvalue weighted by Crippen LogP contribution is -2.37. The lowest BCUT2D eigenvalue weighted by atomic mass is 10.1. The largest absolute Gasteiger partial charge is 0.480 e. The van der Waals surface area contributed by atoms with Crippen molar-refractivity contribution in [3.63, 3.8) is 0 Å². The molecule has 0 fully saturated rings. The molecule has 0 saturated carbocycles. The second kappa shape index (κ2) is 8.05. The molecule has 0 radical (unpaired) electrons. The number of carbonyl (C=O) groups is 1. The van der Waals surface area contributed by atoms with E-state index >= 15 is 0 Å². The lowest BCUT2D eigenvalue weighted by Gasteiger charge is -2.19. The van der Waals surface area contributed by atoms with Crippen LogP contribution < -0.4 is 10.1 Å². The minimum Gasteiger partial charge on any atom is -0.480 e. The van der Waals surface area contributed by atoms with Crippen molar-refractivity contribution in [2.75, 3.05) is 0 Å². The molecule has 3 nitrogen and oxygen atoms in total. The number of hydrogen-bond acceptors (Lipinski definition) is 2. The van der Waals surface area contributed by atoms with Crippen molar-refractivity contribution >= 4 is 16.7 Å². The van der Waals surface area contributed by atoms with E-state index in [1.807, 2.05) is 51.1 Å². The first-order valence-corrected chi connectivity index (χ1v) is 9.06. The van der Waals surface area contributed by atoms with E-state index in [0.29, 0.717) is 13.0 Å². The van der Waals surface area contributed by atoms with Gasteiger partial charge in [-0.15, -0.1) is 0 Å². The summed E-state index contributed by atoms with van der Waals surface area (Å²) in [4.78, 5) is 12.6. The average molecular weight is 347 g/mol. The van der Waals surface area contributed by atoms with Gasteiger partial charge >= 0.3 is 0 Å². The quantitative estimate of drug-likeness (QED) is 0.686. The summed E-state index contributed by atoms with van der Waals surface area (Å²) in [5, 5.41) is 5.38. The fourth-order valence-electron chi connectivity index (χ4n) is 2.98. The van der Waals surface area contributed by atoms with Crippen molar-refractivity contribution in [1.82, 2.24) is 5.32 Å². The highest BCUT2D eigenvalue weighted by molar-refractivity contribution is 5.84. The molecule has 1 N–H and O–H groups in total. The molecule has 3 rings (SSSR count). The number of rotatable bonds is 6. The number of amides is 1. The van der Waals surface area contributed by atoms with Gasteiger partial charge in [-0.2, -0.15) is 0 Å². The van der Waals surface area contributed by atoms with Gasteiger partial charge in [0, 0.05) is 6.54 Å². The van der Waals surface area contributed by atoms with Gasteiger partial charge in [0.2, 0.25) is 0 Å². The third kappa shape index (κ3) is 4.05. The Morgan fingerprint density at radius 2 is 1.77 bits per heavy atom. The molecule has 26 heavy (non-hydrogen) atoms. The minimum atomic E-state index is -0.490. The van der Waals surface area contributed by atoms with Gasteiger partial charge in [-0.05, 0) is 59.9 Å². The van der Waals surface area contributed by atoms with E-state index in [1.165, 1.54) is 10.8 Å². The first-order valence-electron chi connectivity index (χ1n) is 9.06. The molecular weight excluding hydrogens is 322 g/mol. The molecule has 0 heterocycles. The fraction of sp³-hybridized carbons (Fsp3) is 0.261. The lowest BCUT2D eigenvalue weighted by molar-refractivity contribution is -0.128. The van der Waals surface area contributed by atoms with E-state index in [4.69, 9.17) is 4.74 Å². The van der Waals surface area contributed by atoms with Crippen LogP contribution in [-0.4, -0.2) is 12.0 Å². The predicted molar refractivity (Wildman–Crippen MR) is 106 cm³/mol. The molecule has 3 heteroatoms. The van der Waals surface area contributed by atoms with Crippen LogP contribution in [0.2, 0.25) is 0 Å². The van der Waals surface area contributed by atoms with Crippen LogP contribution in [0.3, 0.4) is 0 Å². The Labute approximate surface area is 155 Å². The van der Waals surface area contributed by atoms with E-state index in [2.05, 4.69) is 35.6 Å². The monoisotopic (exact) mass is 347 g/mol. The number of aryl methyl sites for hydroxylation is 1. The topological polar surface area (TPSA) is 38.3 Å². The Kier molecular flexibility index (Phi) is 5.57. The summed E-state index contributed by atoms with van der Waals surface area (Å²) in [6, 6.07) is 20.4. The van der Waals surface area contributed by atoms with Gasteiger partial charge in [0.25, 0.3) is 5.91 Å². The molecule has 134 valence electrons. The van der Waals surface area contributed by atoms with Crippen molar-refractivity contribution in [1.29, 1.82) is 0 Å². The SMILES string of the molecule is CC[C@@H](Oc1cccc(C)c1C)C(=O)NCc1ccc2ccccc2c1. The molecule has 0 spiro atoms. The zero-order valence-electron chi connectivity index (χ0n) is 15.6. The highest BCUT2D eigenvalue weighted by Gasteiger charge is 2.19. The van der Waals surface area contributed by atoms with Crippen LogP contribution in [0.15, 0.2) is 60.7 Å². The van der Waals surface area contributed by atoms with Crippen LogP contribution in [0.25, 0.3) is 10.8 Å². The van der Waals surface area contributed by atoms with Crippen LogP contribution in [0.1, 0.15) is 30.0 Å². The maximum absolute atomic E-state index is 12.6. The zero-order chi connectivity index (χ0) is 18.5. The van der Waals surface area contributed by atoms with Crippen molar-refractivity contribution in [2.24, 2.45) is 0 Å². The average Bonchev–Trinajstić information content (AvgIpc) is 2.67. The Morgan fingerprint density at radius 3 is 2.54 bits per heavy atom. The van der Waals surface area contributed by atoms with Gasteiger partial charge in [0.15, 0.2) is 6.10 Å². The third-order valence-corrected chi connectivity index (χ3v) is 4.77. The summed E-state index contributed by atoms with van der Waals surface area (Å²) in [5.41, 5.74) is 3.32. The highest BCUT2D eigenvalue weighted by atomic mass is 16.5. The molecule has 3 aromatic carbocycles. The van der Waals surface area contributed by atoms with Crippen molar-refractivity contribution in [3.05, 3.63) is 77.4 Å². The maximum atomic E-state index is 12.6. The first-order chi connectivity index (χ1) is 12.6. The summed E-state index contributed by atoms with van der Waals surface area (Å²) in [7, 11) is 0. The van der Waals surface area contributed by atoms with Crippen molar-refractivity contribution in [3.8, 4) is 5.75 Å². The third-order valence-electron chi connectivity index (χ3n) is 4.77. The van der Waals surface area contributed by atoms with Crippen LogP contribution in [0.5, 0.6) is 5.75 Å². The summed E-state index contributed by atoms with van der Waals surface area (Å²) in [5.74, 6) is 0.694. The van der Waals surface area contributed by atoms with Crippen molar-refractivity contribution < 1.29 is 9.53 Å². The van der Waals surface area contributed by atoms with Crippen molar-refractivity contribution in [2.45, 2.75) is 39.8 Å². The summed E-state index contributed by atoms with van der Waals surface area (Å²) in [6.45, 7) is 6.52. The van der Waals surface area contributed by atoms with Gasteiger partial charge in [-0.1, -0.05) is 55.5 Å². The molecular formula is C23H25NO2. The summed E-state index contributed by atoms with van der Waals surface area (Å²) < 4.78 is 5.98. The standard InChI is InChI=1S/C23H25NO2/c1-4-21(26-22-11-7-8-16(2)17(22)3)23(25)24-15-18-12-13-19-9-5-6-10-20(19)14-18/h5-14,21H,4,15H2,1-3H3,(H,24,25)/t21-/m1/s1. The summed E-state index contributed by atoms with van der Waals surface area (Å²) in [6.07, 6.45) is 0.132. The smallest absolute Gasteiger partial charge is 0.261 e. The molecule has 1 atom stereocenters. The molecule has 0 aliphatic heterocycles. The van der Waals surface area contributed by atoms with E-state index < -0.39 is 6.10 Å². The van der Waals surface area contributed by atoms with Crippen LogP contribution in [0.4, 0.5) is 0 Å². The van der Waals surface area contributed by atoms with Crippen LogP contribution in [0, 0.1) is 13.8 Å². The molecule has 0 unspecified atom stereocenters. The molecule has 1 amide bonds. The Bertz CT molecular complexity index is 917. The molecule has 0 saturated heterocycles. The first kappa shape index (κ1) is 18.0. The number of benzene rings is 3. The van der Waals surface area contributed by atoms with Crippen LogP contribution in [-0.2, 0) is 11.3 Å². The van der Waals surface area contributed by atoms with Gasteiger partial charge in [0.1, 0.15) is 5.75 Å². The summed E-state index contributed by atoms with van der Waals surface area (Å²) >= 11 is 0. The number of nitrogens with one attached hydrogen (secondary N) is 1. The van der Waals surface area contributed by atoms with Crippen LogP contribution >= 0.6 is 0 Å². The van der Waals surface area contributed by atoms with E-state index in [9.17, 15) is 4.79 Å². The second-order valence-electron chi connectivity index (χ2n) is 6.61. The fourth-order valence-corrected chi connectivity index (χ4v) is 2.98. The van der Waals surface area contributed by atoms with E-state index in [1.54, 1.807) is 0 Å². The Morgan fingerprint density at radius 1 is 1.00 bits per heavy atom. The number of ether oxygens (including phenoxy) is 1. The van der Waals surface area contributed by atoms with Gasteiger partial charge < -0.3 is 10.1 Å². The predicted octanol–water partition coefficient (Wildman–Crippen LogP) is 4.93. The van der Waals surface area contributed by atoms with Gasteiger partial charge in [-0.25, -0.2) is 0 Å². The van der Waals surface area contributed by atoms with E-state index in [0.717, 1.165) is 22.4 Å². The zero-order valence-corrected chi connectivity index (χ0v) is 15.6. The molecule has 0 aromatic heterocycles. The van der Waals surface area contributed by atoms with E-state index in [-0.39, 0.29) is 5.91 Å². The number of carbonyl (C=O) groups excluding carboxylic acids is 1. The van der Waals surface area contributed by atoms with Gasteiger partial charge in [-0.3, -0.25) is 4.79 Å². The van der Waals surface area contributed by atoms with Gasteiger partial charge in [0.05, 0.1) is 0 Å². The Balaban J connectivity index is 1.65. The second-order valence-corrected chi connectivity index (χ2v) is 6.61. The molecule has 0 aliphatic carbocycles. The Hall–Kier alpha value is -2.81. The molecule has 3 aromatic rings. The number of fused-ring (bicyclic) bond motifs is 1. The molecule has 0 bridgehead atoms. The molecule has 0 aliphatic rings.